The van der Waals surface area contributed by atoms with Gasteiger partial charge in [0.25, 0.3) is 0 Å². The third-order valence-electron chi connectivity index (χ3n) is 2.47. The lowest BCUT2D eigenvalue weighted by Gasteiger charge is -2.21. The zero-order valence-electron chi connectivity index (χ0n) is 9.91. The molecule has 88 valence electrons. The quantitative estimate of drug-likeness (QED) is 0.792. The summed E-state index contributed by atoms with van der Waals surface area (Å²) in [7, 11) is 0. The number of nitrogens with two attached hydrogens (primary N) is 1. The SMILES string of the molecule is CSc1ccc(NC(=O)C(C)(C)CN)cc1. The van der Waals surface area contributed by atoms with Crippen LogP contribution in [0.3, 0.4) is 0 Å². The third kappa shape index (κ3) is 3.25. The van der Waals surface area contributed by atoms with E-state index >= 15 is 0 Å². The smallest absolute Gasteiger partial charge is 0.231 e. The first kappa shape index (κ1) is 13.1. The molecule has 1 aromatic carbocycles. The minimum atomic E-state index is -0.530. The van der Waals surface area contributed by atoms with E-state index in [0.717, 1.165) is 5.69 Å². The zero-order valence-corrected chi connectivity index (χ0v) is 10.7. The molecule has 0 aliphatic carbocycles. The molecule has 0 radical (unpaired) electrons. The normalized spacial score (nSPS) is 11.2. The van der Waals surface area contributed by atoms with E-state index in [0.29, 0.717) is 6.54 Å². The van der Waals surface area contributed by atoms with Crippen molar-refractivity contribution in [3.63, 3.8) is 0 Å². The van der Waals surface area contributed by atoms with Gasteiger partial charge in [0.1, 0.15) is 0 Å². The van der Waals surface area contributed by atoms with Gasteiger partial charge in [0.05, 0.1) is 5.41 Å². The molecule has 3 N–H and O–H groups in total. The first-order valence-electron chi connectivity index (χ1n) is 5.15. The Morgan fingerprint density at radius 2 is 1.94 bits per heavy atom. The fourth-order valence-corrected chi connectivity index (χ4v) is 1.48. The van der Waals surface area contributed by atoms with E-state index in [4.69, 9.17) is 5.73 Å². The van der Waals surface area contributed by atoms with Crippen molar-refractivity contribution in [3.8, 4) is 0 Å². The van der Waals surface area contributed by atoms with Crippen LogP contribution in [0.5, 0.6) is 0 Å². The number of hydrogen-bond donors (Lipinski definition) is 2. The van der Waals surface area contributed by atoms with Gasteiger partial charge in [0.15, 0.2) is 0 Å². The van der Waals surface area contributed by atoms with Crippen molar-refractivity contribution in [3.05, 3.63) is 24.3 Å². The summed E-state index contributed by atoms with van der Waals surface area (Å²) in [5.74, 6) is -0.0492. The Bertz CT molecular complexity index is 360. The molecule has 0 saturated heterocycles. The van der Waals surface area contributed by atoms with Crippen molar-refractivity contribution in [1.29, 1.82) is 0 Å². The second kappa shape index (κ2) is 5.37. The molecule has 0 fully saturated rings. The average molecular weight is 238 g/mol. The lowest BCUT2D eigenvalue weighted by Crippen LogP contribution is -2.37. The average Bonchev–Trinajstić information content (AvgIpc) is 2.30. The minimum absolute atomic E-state index is 0.0492. The Kier molecular flexibility index (Phi) is 4.38. The summed E-state index contributed by atoms with van der Waals surface area (Å²) in [5.41, 5.74) is 5.82. The van der Waals surface area contributed by atoms with Gasteiger partial charge in [-0.25, -0.2) is 0 Å². The maximum Gasteiger partial charge on any atom is 0.231 e. The fraction of sp³-hybridized carbons (Fsp3) is 0.417. The van der Waals surface area contributed by atoms with E-state index in [9.17, 15) is 4.79 Å². The number of anilines is 1. The summed E-state index contributed by atoms with van der Waals surface area (Å²) < 4.78 is 0. The Morgan fingerprint density at radius 3 is 2.38 bits per heavy atom. The van der Waals surface area contributed by atoms with Crippen molar-refractivity contribution >= 4 is 23.4 Å². The molecule has 0 saturated carbocycles. The van der Waals surface area contributed by atoms with Crippen LogP contribution in [0.1, 0.15) is 13.8 Å². The highest BCUT2D eigenvalue weighted by Crippen LogP contribution is 2.20. The Hall–Kier alpha value is -1.00. The molecule has 1 amide bonds. The first-order valence-corrected chi connectivity index (χ1v) is 6.37. The molecule has 1 rings (SSSR count). The highest BCUT2D eigenvalue weighted by Gasteiger charge is 2.25. The zero-order chi connectivity index (χ0) is 12.2. The van der Waals surface area contributed by atoms with Crippen LogP contribution < -0.4 is 11.1 Å². The van der Waals surface area contributed by atoms with E-state index in [-0.39, 0.29) is 5.91 Å². The molecule has 16 heavy (non-hydrogen) atoms. The molecule has 0 aliphatic heterocycles. The molecule has 0 heterocycles. The van der Waals surface area contributed by atoms with Crippen LogP contribution in [0, 0.1) is 5.41 Å². The summed E-state index contributed by atoms with van der Waals surface area (Å²) in [6.07, 6.45) is 2.02. The molecule has 0 unspecified atom stereocenters. The van der Waals surface area contributed by atoms with E-state index in [1.54, 1.807) is 11.8 Å². The highest BCUT2D eigenvalue weighted by atomic mass is 32.2. The van der Waals surface area contributed by atoms with Crippen molar-refractivity contribution < 1.29 is 4.79 Å². The molecule has 0 aliphatic rings. The summed E-state index contributed by atoms with van der Waals surface area (Å²) in [6.45, 7) is 4.00. The van der Waals surface area contributed by atoms with Crippen LogP contribution in [0.2, 0.25) is 0 Å². The van der Waals surface area contributed by atoms with Crippen LogP contribution in [-0.4, -0.2) is 18.7 Å². The largest absolute Gasteiger partial charge is 0.329 e. The van der Waals surface area contributed by atoms with Gasteiger partial charge in [-0.3, -0.25) is 4.79 Å². The van der Waals surface area contributed by atoms with Crippen LogP contribution in [0.15, 0.2) is 29.2 Å². The molecular formula is C12H18N2OS. The maximum absolute atomic E-state index is 11.8. The molecule has 1 aromatic rings. The summed E-state index contributed by atoms with van der Waals surface area (Å²) in [6, 6.07) is 7.76. The van der Waals surface area contributed by atoms with Crippen molar-refractivity contribution in [2.24, 2.45) is 11.1 Å². The standard InChI is InChI=1S/C12H18N2OS/c1-12(2,8-13)11(15)14-9-4-6-10(16-3)7-5-9/h4-7H,8,13H2,1-3H3,(H,14,15). The monoisotopic (exact) mass is 238 g/mol. The number of nitrogens with one attached hydrogen (secondary N) is 1. The molecule has 0 spiro atoms. The van der Waals surface area contributed by atoms with E-state index in [1.807, 2.05) is 44.4 Å². The molecule has 3 nitrogen and oxygen atoms in total. The van der Waals surface area contributed by atoms with Gasteiger partial charge in [-0.1, -0.05) is 0 Å². The Balaban J connectivity index is 2.70. The van der Waals surface area contributed by atoms with Gasteiger partial charge in [-0.15, -0.1) is 11.8 Å². The van der Waals surface area contributed by atoms with Gasteiger partial charge < -0.3 is 11.1 Å². The van der Waals surface area contributed by atoms with Crippen molar-refractivity contribution in [2.45, 2.75) is 18.7 Å². The van der Waals surface area contributed by atoms with Crippen LogP contribution in [-0.2, 0) is 4.79 Å². The number of carbonyl (C=O) groups excluding carboxylic acids is 1. The topological polar surface area (TPSA) is 55.1 Å². The van der Waals surface area contributed by atoms with E-state index in [2.05, 4.69) is 5.32 Å². The number of rotatable bonds is 4. The molecule has 0 aromatic heterocycles. The minimum Gasteiger partial charge on any atom is -0.329 e. The first-order chi connectivity index (χ1) is 7.49. The van der Waals surface area contributed by atoms with E-state index in [1.165, 1.54) is 4.90 Å². The predicted molar refractivity (Wildman–Crippen MR) is 69.7 cm³/mol. The van der Waals surface area contributed by atoms with Gasteiger partial charge in [0, 0.05) is 17.1 Å². The number of amides is 1. The second-order valence-corrected chi connectivity index (χ2v) is 5.15. The van der Waals surface area contributed by atoms with E-state index < -0.39 is 5.41 Å². The van der Waals surface area contributed by atoms with Crippen molar-refractivity contribution in [1.82, 2.24) is 0 Å². The van der Waals surface area contributed by atoms with Gasteiger partial charge >= 0.3 is 0 Å². The summed E-state index contributed by atoms with van der Waals surface area (Å²) in [5, 5.41) is 2.86. The highest BCUT2D eigenvalue weighted by molar-refractivity contribution is 7.98. The predicted octanol–water partition coefficient (Wildman–Crippen LogP) is 2.33. The number of thioether (sulfide) groups is 1. The molecular weight excluding hydrogens is 220 g/mol. The molecule has 4 heteroatoms. The number of benzene rings is 1. The van der Waals surface area contributed by atoms with Gasteiger partial charge in [0.2, 0.25) is 5.91 Å². The number of hydrogen-bond acceptors (Lipinski definition) is 3. The fourth-order valence-electron chi connectivity index (χ4n) is 1.07. The Labute approximate surface area is 101 Å². The number of carbonyl (C=O) groups is 1. The van der Waals surface area contributed by atoms with Crippen LogP contribution in [0.4, 0.5) is 5.69 Å². The van der Waals surface area contributed by atoms with Crippen molar-refractivity contribution in [2.75, 3.05) is 18.1 Å². The molecule has 0 atom stereocenters. The van der Waals surface area contributed by atoms with Crippen LogP contribution >= 0.6 is 11.8 Å². The lowest BCUT2D eigenvalue weighted by molar-refractivity contribution is -0.123. The summed E-state index contributed by atoms with van der Waals surface area (Å²) >= 11 is 1.67. The van der Waals surface area contributed by atoms with Gasteiger partial charge in [-0.2, -0.15) is 0 Å². The second-order valence-electron chi connectivity index (χ2n) is 4.27. The third-order valence-corrected chi connectivity index (χ3v) is 3.22. The van der Waals surface area contributed by atoms with Gasteiger partial charge in [-0.05, 0) is 44.4 Å². The van der Waals surface area contributed by atoms with Crippen LogP contribution in [0.25, 0.3) is 0 Å². The Morgan fingerprint density at radius 1 is 1.38 bits per heavy atom. The molecule has 0 bridgehead atoms. The summed E-state index contributed by atoms with van der Waals surface area (Å²) in [4.78, 5) is 13.0. The lowest BCUT2D eigenvalue weighted by atomic mass is 9.92. The maximum atomic E-state index is 11.8.